The van der Waals surface area contributed by atoms with E-state index in [1.165, 1.54) is 5.56 Å². The molecule has 0 atom stereocenters. The molecule has 1 fully saturated rings. The maximum atomic E-state index is 12.6. The Balaban J connectivity index is 1.24. The third-order valence-corrected chi connectivity index (χ3v) is 7.06. The van der Waals surface area contributed by atoms with E-state index in [9.17, 15) is 9.59 Å². The number of carbonyl (C=O) groups excluding carboxylic acids is 2. The van der Waals surface area contributed by atoms with Crippen LogP contribution in [0, 0.1) is 13.8 Å². The first-order chi connectivity index (χ1) is 18.9. The number of benzene rings is 3. The summed E-state index contributed by atoms with van der Waals surface area (Å²) in [5.74, 6) is 1.56. The first-order valence-corrected chi connectivity index (χ1v) is 13.3. The molecular weight excluding hydrogens is 486 g/mol. The van der Waals surface area contributed by atoms with Crippen LogP contribution in [0.5, 0.6) is 0 Å². The van der Waals surface area contributed by atoms with Crippen molar-refractivity contribution in [2.24, 2.45) is 0 Å². The van der Waals surface area contributed by atoms with Gasteiger partial charge in [0, 0.05) is 56.1 Å². The van der Waals surface area contributed by atoms with E-state index in [-0.39, 0.29) is 11.7 Å². The molecule has 1 aromatic heterocycles. The number of aromatic nitrogens is 2. The molecule has 0 saturated carbocycles. The van der Waals surface area contributed by atoms with Crippen LogP contribution < -0.4 is 15.1 Å². The Morgan fingerprint density at radius 1 is 0.949 bits per heavy atom. The highest BCUT2D eigenvalue weighted by Crippen LogP contribution is 2.30. The number of aryl methyl sites for hydroxylation is 2. The molecule has 0 bridgehead atoms. The first kappa shape index (κ1) is 26.1. The highest BCUT2D eigenvalue weighted by molar-refractivity contribution is 5.96. The molecule has 39 heavy (non-hydrogen) atoms. The van der Waals surface area contributed by atoms with Gasteiger partial charge in [-0.2, -0.15) is 4.98 Å². The van der Waals surface area contributed by atoms with Crippen molar-refractivity contribution in [3.63, 3.8) is 0 Å². The van der Waals surface area contributed by atoms with Crippen LogP contribution >= 0.6 is 0 Å². The molecule has 1 aliphatic rings. The molecule has 0 aliphatic carbocycles. The minimum Gasteiger partial charge on any atom is -0.329 e. The lowest BCUT2D eigenvalue weighted by Gasteiger charge is -2.20. The van der Waals surface area contributed by atoms with E-state index in [1.807, 2.05) is 103 Å². The van der Waals surface area contributed by atoms with Gasteiger partial charge in [0.25, 0.3) is 0 Å². The smallest absolute Gasteiger partial charge is 0.229 e. The van der Waals surface area contributed by atoms with Gasteiger partial charge in [-0.15, -0.1) is 0 Å². The highest BCUT2D eigenvalue weighted by atomic mass is 16.2. The third-order valence-electron chi connectivity index (χ3n) is 7.06. The lowest BCUT2D eigenvalue weighted by Crippen LogP contribution is -2.24. The van der Waals surface area contributed by atoms with Crippen LogP contribution in [-0.2, 0) is 22.4 Å². The lowest BCUT2D eigenvalue weighted by atomic mass is 10.0. The van der Waals surface area contributed by atoms with Crippen molar-refractivity contribution < 1.29 is 9.59 Å². The van der Waals surface area contributed by atoms with Crippen LogP contribution in [-0.4, -0.2) is 35.3 Å². The maximum Gasteiger partial charge on any atom is 0.229 e. The van der Waals surface area contributed by atoms with Crippen molar-refractivity contribution in [3.8, 4) is 0 Å². The summed E-state index contributed by atoms with van der Waals surface area (Å²) in [6, 6.07) is 23.9. The van der Waals surface area contributed by atoms with Gasteiger partial charge in [-0.1, -0.05) is 48.0 Å². The number of Topliss-reactive ketones (excluding diaryl/α,β-unsaturated/α-hetero) is 1. The molecule has 198 valence electrons. The van der Waals surface area contributed by atoms with Crippen LogP contribution in [0.4, 0.5) is 28.8 Å². The average Bonchev–Trinajstić information content (AvgIpc) is 3.36. The number of amides is 1. The second kappa shape index (κ2) is 11.5. The van der Waals surface area contributed by atoms with E-state index in [2.05, 4.69) is 10.3 Å². The fraction of sp³-hybridized carbons (Fsp3) is 0.250. The van der Waals surface area contributed by atoms with Gasteiger partial charge in [0.15, 0.2) is 0 Å². The molecule has 7 heteroatoms. The van der Waals surface area contributed by atoms with E-state index in [0.29, 0.717) is 25.2 Å². The largest absolute Gasteiger partial charge is 0.329 e. The molecule has 2 heterocycles. The zero-order chi connectivity index (χ0) is 27.4. The predicted octanol–water partition coefficient (Wildman–Crippen LogP) is 6.09. The number of nitrogens with zero attached hydrogens (tertiary/aromatic N) is 4. The molecule has 0 spiro atoms. The molecule has 0 radical (unpaired) electrons. The summed E-state index contributed by atoms with van der Waals surface area (Å²) in [6.07, 6.45) is 4.05. The second-order valence-electron chi connectivity index (χ2n) is 10.1. The van der Waals surface area contributed by atoms with Crippen LogP contribution in [0.3, 0.4) is 0 Å². The van der Waals surface area contributed by atoms with Crippen molar-refractivity contribution in [1.82, 2.24) is 9.97 Å². The minimum absolute atomic E-state index is 0.164. The fourth-order valence-corrected chi connectivity index (χ4v) is 4.80. The maximum absolute atomic E-state index is 12.6. The monoisotopic (exact) mass is 519 g/mol. The quantitative estimate of drug-likeness (QED) is 0.289. The fourth-order valence-electron chi connectivity index (χ4n) is 4.80. The SMILES string of the molecule is Cc1ccc(CC(=O)Cc2ccc(N(C)c3ccnc(Nc4ccc(C)c(N5CCCC5=O)c4)n3)cc2)cc1. The molecule has 1 amide bonds. The number of carbonyl (C=O) groups is 2. The van der Waals surface area contributed by atoms with Crippen LogP contribution in [0.1, 0.15) is 35.1 Å². The lowest BCUT2D eigenvalue weighted by molar-refractivity contribution is -0.118. The van der Waals surface area contributed by atoms with Gasteiger partial charge < -0.3 is 15.1 Å². The topological polar surface area (TPSA) is 78.4 Å². The van der Waals surface area contributed by atoms with Crippen molar-refractivity contribution in [2.45, 2.75) is 39.5 Å². The number of ketones is 1. The van der Waals surface area contributed by atoms with Gasteiger partial charge in [0.05, 0.1) is 0 Å². The van der Waals surface area contributed by atoms with Gasteiger partial charge >= 0.3 is 0 Å². The summed E-state index contributed by atoms with van der Waals surface area (Å²) in [7, 11) is 1.95. The van der Waals surface area contributed by atoms with E-state index < -0.39 is 0 Å². The van der Waals surface area contributed by atoms with Crippen LogP contribution in [0.15, 0.2) is 79.0 Å². The third kappa shape index (κ3) is 6.32. The average molecular weight is 520 g/mol. The highest BCUT2D eigenvalue weighted by Gasteiger charge is 2.23. The number of anilines is 5. The van der Waals surface area contributed by atoms with E-state index in [0.717, 1.165) is 52.5 Å². The van der Waals surface area contributed by atoms with Crippen LogP contribution in [0.2, 0.25) is 0 Å². The molecule has 3 aromatic carbocycles. The molecule has 4 aromatic rings. The molecule has 0 unspecified atom stereocenters. The zero-order valence-electron chi connectivity index (χ0n) is 22.6. The van der Waals surface area contributed by atoms with Crippen LogP contribution in [0.25, 0.3) is 0 Å². The number of hydrogen-bond donors (Lipinski definition) is 1. The molecule has 1 aliphatic heterocycles. The van der Waals surface area contributed by atoms with E-state index in [4.69, 9.17) is 4.98 Å². The molecular formula is C32H33N5O2. The summed E-state index contributed by atoms with van der Waals surface area (Å²) in [4.78, 5) is 37.8. The standard InChI is InChI=1S/C32H33N5O2/c1-22-6-9-24(10-7-22)19-28(38)20-25-11-14-27(15-12-25)36(3)30-16-17-33-32(35-30)34-26-13-8-23(2)29(21-26)37-18-4-5-31(37)39/h6-17,21H,4-5,18-20H2,1-3H3,(H,33,34,35). The Morgan fingerprint density at radius 2 is 1.64 bits per heavy atom. The predicted molar refractivity (Wildman–Crippen MR) is 156 cm³/mol. The Kier molecular flexibility index (Phi) is 7.68. The summed E-state index contributed by atoms with van der Waals surface area (Å²) >= 11 is 0. The molecule has 1 saturated heterocycles. The van der Waals surface area contributed by atoms with E-state index in [1.54, 1.807) is 6.20 Å². The number of nitrogens with one attached hydrogen (secondary N) is 1. The summed E-state index contributed by atoms with van der Waals surface area (Å²) in [5.41, 5.74) is 6.99. The molecule has 5 rings (SSSR count). The summed E-state index contributed by atoms with van der Waals surface area (Å²) < 4.78 is 0. The Bertz CT molecular complexity index is 1480. The van der Waals surface area contributed by atoms with Gasteiger partial charge in [0.2, 0.25) is 11.9 Å². The molecule has 7 nitrogen and oxygen atoms in total. The van der Waals surface area contributed by atoms with Crippen molar-refractivity contribution in [1.29, 1.82) is 0 Å². The van der Waals surface area contributed by atoms with E-state index >= 15 is 0 Å². The first-order valence-electron chi connectivity index (χ1n) is 13.3. The van der Waals surface area contributed by atoms with Gasteiger partial charge in [-0.05, 0) is 67.3 Å². The van der Waals surface area contributed by atoms with Crippen molar-refractivity contribution in [3.05, 3.63) is 101 Å². The minimum atomic E-state index is 0.164. The van der Waals surface area contributed by atoms with Gasteiger partial charge in [0.1, 0.15) is 11.6 Å². The number of hydrogen-bond acceptors (Lipinski definition) is 6. The second-order valence-corrected chi connectivity index (χ2v) is 10.1. The Morgan fingerprint density at radius 3 is 2.31 bits per heavy atom. The van der Waals surface area contributed by atoms with Gasteiger partial charge in [-0.25, -0.2) is 4.98 Å². The zero-order valence-corrected chi connectivity index (χ0v) is 22.6. The van der Waals surface area contributed by atoms with Gasteiger partial charge in [-0.3, -0.25) is 9.59 Å². The normalized spacial score (nSPS) is 13.0. The van der Waals surface area contributed by atoms with Crippen molar-refractivity contribution >= 4 is 40.5 Å². The molecule has 1 N–H and O–H groups in total. The Hall–Kier alpha value is -4.52. The number of rotatable bonds is 9. The Labute approximate surface area is 229 Å². The summed E-state index contributed by atoms with van der Waals surface area (Å²) in [6.45, 7) is 4.81. The van der Waals surface area contributed by atoms with Crippen molar-refractivity contribution in [2.75, 3.05) is 28.7 Å². The summed E-state index contributed by atoms with van der Waals surface area (Å²) in [5, 5.41) is 3.29.